The summed E-state index contributed by atoms with van der Waals surface area (Å²) in [5, 5.41) is 0. The summed E-state index contributed by atoms with van der Waals surface area (Å²) in [5.74, 6) is 0. The van der Waals surface area contributed by atoms with Gasteiger partial charge in [0.05, 0.1) is 0 Å². The smallest absolute Gasteiger partial charge is 0.106 e. The molecule has 0 saturated heterocycles. The lowest BCUT2D eigenvalue weighted by Gasteiger charge is -1.96. The summed E-state index contributed by atoms with van der Waals surface area (Å²) in [6.07, 6.45) is 1.84. The average molecular weight is 106 g/mol. The van der Waals surface area contributed by atoms with Crippen molar-refractivity contribution in [2.75, 3.05) is 0 Å². The van der Waals surface area contributed by atoms with Gasteiger partial charge < -0.3 is 0 Å². The fraction of sp³-hybridized carbons (Fsp3) is 0.429. The van der Waals surface area contributed by atoms with Gasteiger partial charge in [0, 0.05) is 0 Å². The lowest BCUT2D eigenvalue weighted by molar-refractivity contribution is 0.972. The lowest BCUT2D eigenvalue weighted by atomic mass is 9.92. The Labute approximate surface area is 52.7 Å². The van der Waals surface area contributed by atoms with E-state index in [0.717, 1.165) is 23.9 Å². The predicted molar refractivity (Wildman–Crippen MR) is 38.9 cm³/mol. The number of rotatable bonds is 3. The molecule has 0 bridgehead atoms. The Hall–Kier alpha value is -0.455. The van der Waals surface area contributed by atoms with Gasteiger partial charge in [-0.2, -0.15) is 0 Å². The Morgan fingerprint density at radius 1 is 1.38 bits per heavy atom. The van der Waals surface area contributed by atoms with Crippen molar-refractivity contribution in [3.8, 4) is 0 Å². The third-order valence-corrected chi connectivity index (χ3v) is 0.873. The second-order valence-corrected chi connectivity index (χ2v) is 2.12. The van der Waals surface area contributed by atoms with E-state index in [-0.39, 0.29) is 0 Å². The van der Waals surface area contributed by atoms with Crippen LogP contribution in [0.15, 0.2) is 24.2 Å². The molecule has 0 aromatic heterocycles. The summed E-state index contributed by atoms with van der Waals surface area (Å²) in [7, 11) is 5.31. The predicted octanol–water partition coefficient (Wildman–Crippen LogP) is 2.02. The van der Waals surface area contributed by atoms with Gasteiger partial charge >= 0.3 is 0 Å². The summed E-state index contributed by atoms with van der Waals surface area (Å²) >= 11 is 0. The minimum atomic E-state index is 0.744. The number of hydrogen-bond acceptors (Lipinski definition) is 0. The van der Waals surface area contributed by atoms with E-state index in [9.17, 15) is 0 Å². The van der Waals surface area contributed by atoms with Crippen LogP contribution >= 0.6 is 0 Å². The van der Waals surface area contributed by atoms with E-state index < -0.39 is 0 Å². The quantitative estimate of drug-likeness (QED) is 0.381. The van der Waals surface area contributed by atoms with Crippen molar-refractivity contribution < 1.29 is 0 Å². The molecule has 0 aromatic carbocycles. The highest BCUT2D eigenvalue weighted by Gasteiger charge is 1.85. The first-order valence-electron chi connectivity index (χ1n) is 2.70. The Morgan fingerprint density at radius 3 is 2.00 bits per heavy atom. The van der Waals surface area contributed by atoms with E-state index in [2.05, 4.69) is 13.2 Å². The molecule has 0 atom stereocenters. The van der Waals surface area contributed by atoms with Crippen LogP contribution in [0, 0.1) is 0 Å². The Kier molecular flexibility index (Phi) is 3.33. The van der Waals surface area contributed by atoms with Crippen LogP contribution in [0.3, 0.4) is 0 Å². The van der Waals surface area contributed by atoms with Crippen molar-refractivity contribution in [1.29, 1.82) is 0 Å². The molecular weight excluding hydrogens is 94.9 g/mol. The largest absolute Gasteiger partial charge is 0.124 e. The van der Waals surface area contributed by atoms with E-state index in [1.165, 1.54) is 0 Å². The second-order valence-electron chi connectivity index (χ2n) is 2.12. The van der Waals surface area contributed by atoms with Crippen molar-refractivity contribution in [3.63, 3.8) is 0 Å². The molecule has 0 aliphatic carbocycles. The molecule has 0 N–H and O–H groups in total. The Balaban J connectivity index is 3.18. The van der Waals surface area contributed by atoms with Crippen molar-refractivity contribution in [2.45, 2.75) is 19.8 Å². The lowest BCUT2D eigenvalue weighted by Crippen LogP contribution is -1.79. The highest BCUT2D eigenvalue weighted by Crippen LogP contribution is 2.03. The van der Waals surface area contributed by atoms with Crippen molar-refractivity contribution in [2.24, 2.45) is 0 Å². The van der Waals surface area contributed by atoms with Crippen LogP contribution in [0.2, 0.25) is 0 Å². The molecule has 0 aliphatic heterocycles. The molecule has 0 aromatic rings. The van der Waals surface area contributed by atoms with E-state index in [4.69, 9.17) is 7.85 Å². The van der Waals surface area contributed by atoms with Crippen LogP contribution in [-0.2, 0) is 0 Å². The first-order chi connectivity index (χ1) is 3.63. The first-order valence-corrected chi connectivity index (χ1v) is 2.70. The SMILES string of the molecule is [B]C(=C)CCC(=C)C. The van der Waals surface area contributed by atoms with Gasteiger partial charge in [0.1, 0.15) is 7.85 Å². The van der Waals surface area contributed by atoms with E-state index in [0.29, 0.717) is 0 Å². The molecule has 42 valence electrons. The van der Waals surface area contributed by atoms with E-state index >= 15 is 0 Å². The van der Waals surface area contributed by atoms with Crippen molar-refractivity contribution in [1.82, 2.24) is 0 Å². The van der Waals surface area contributed by atoms with Gasteiger partial charge in [-0.1, -0.05) is 5.57 Å². The molecule has 0 nitrogen and oxygen atoms in total. The van der Waals surface area contributed by atoms with Crippen LogP contribution in [0.4, 0.5) is 0 Å². The van der Waals surface area contributed by atoms with Gasteiger partial charge in [-0.15, -0.1) is 18.6 Å². The van der Waals surface area contributed by atoms with Crippen molar-refractivity contribution >= 4 is 7.85 Å². The van der Waals surface area contributed by atoms with Gasteiger partial charge in [0.25, 0.3) is 0 Å². The summed E-state index contributed by atoms with van der Waals surface area (Å²) in [6.45, 7) is 9.28. The molecule has 0 heterocycles. The van der Waals surface area contributed by atoms with Gasteiger partial charge in [-0.3, -0.25) is 0 Å². The van der Waals surface area contributed by atoms with Gasteiger partial charge in [0.2, 0.25) is 0 Å². The van der Waals surface area contributed by atoms with Gasteiger partial charge in [-0.05, 0) is 19.8 Å². The minimum absolute atomic E-state index is 0.744. The molecule has 8 heavy (non-hydrogen) atoms. The Morgan fingerprint density at radius 2 is 1.88 bits per heavy atom. The van der Waals surface area contributed by atoms with Crippen LogP contribution < -0.4 is 0 Å². The molecular formula is C7H11B. The molecule has 2 radical (unpaired) electrons. The van der Waals surface area contributed by atoms with E-state index in [1.54, 1.807) is 0 Å². The highest BCUT2D eigenvalue weighted by atomic mass is 13.9. The van der Waals surface area contributed by atoms with Crippen molar-refractivity contribution in [3.05, 3.63) is 24.2 Å². The highest BCUT2D eigenvalue weighted by molar-refractivity contribution is 6.21. The molecule has 0 rings (SSSR count). The first kappa shape index (κ1) is 7.54. The number of hydrogen-bond donors (Lipinski definition) is 0. The number of allylic oxidation sites excluding steroid dienone is 2. The molecule has 0 unspecified atom stereocenters. The molecule has 1 heteroatoms. The normalized spacial score (nSPS) is 8.62. The third kappa shape index (κ3) is 5.54. The van der Waals surface area contributed by atoms with Crippen LogP contribution in [0.25, 0.3) is 0 Å². The maximum Gasteiger partial charge on any atom is 0.106 e. The summed E-state index contributed by atoms with van der Waals surface area (Å²) < 4.78 is 0. The molecule has 0 aliphatic rings. The zero-order chi connectivity index (χ0) is 6.57. The fourth-order valence-corrected chi connectivity index (χ4v) is 0.374. The summed E-state index contributed by atoms with van der Waals surface area (Å²) in [4.78, 5) is 0. The maximum atomic E-state index is 5.31. The van der Waals surface area contributed by atoms with Gasteiger partial charge in [-0.25, -0.2) is 0 Å². The topological polar surface area (TPSA) is 0 Å². The zero-order valence-corrected chi connectivity index (χ0v) is 5.41. The fourth-order valence-electron chi connectivity index (χ4n) is 0.374. The molecule has 0 spiro atoms. The minimum Gasteiger partial charge on any atom is -0.124 e. The summed E-state index contributed by atoms with van der Waals surface area (Å²) in [6, 6.07) is 0. The molecule has 0 saturated carbocycles. The Bertz CT molecular complexity index is 89.0. The average Bonchev–Trinajstić information content (AvgIpc) is 1.61. The second kappa shape index (κ2) is 3.53. The van der Waals surface area contributed by atoms with Gasteiger partial charge in [0.15, 0.2) is 0 Å². The van der Waals surface area contributed by atoms with E-state index in [1.807, 2.05) is 6.92 Å². The maximum absolute atomic E-state index is 5.31. The van der Waals surface area contributed by atoms with Crippen LogP contribution in [-0.4, -0.2) is 7.85 Å². The molecule has 0 fully saturated rings. The molecule has 0 amide bonds. The van der Waals surface area contributed by atoms with Crippen LogP contribution in [0.5, 0.6) is 0 Å². The monoisotopic (exact) mass is 106 g/mol. The third-order valence-electron chi connectivity index (χ3n) is 0.873. The standard InChI is InChI=1S/C7H11B/c1-6(2)4-5-7(3)8/h1,3-5H2,2H3. The summed E-state index contributed by atoms with van der Waals surface area (Å²) in [5.41, 5.74) is 1.91. The van der Waals surface area contributed by atoms with Crippen LogP contribution in [0.1, 0.15) is 19.8 Å². The zero-order valence-electron chi connectivity index (χ0n) is 5.41.